The zero-order chi connectivity index (χ0) is 6.24. The zero-order valence-electron chi connectivity index (χ0n) is 6.10. The van der Waals surface area contributed by atoms with Crippen LogP contribution < -0.4 is 0 Å². The number of hydrogen-bond acceptors (Lipinski definition) is 0. The van der Waals surface area contributed by atoms with Gasteiger partial charge in [-0.15, -0.1) is 0 Å². The molecule has 0 heterocycles. The standard InChI is InChI=1S/C7H14.10CH4.Pa.Pb.H/c1-3-5-7-6-4-2;;;;;;;;;;;;;/h1-7H2;10*1H4;;;/q-1;;;;;;;;;;;;;. The Labute approximate surface area is 173 Å². The van der Waals surface area contributed by atoms with E-state index in [-0.39, 0.29) is 107 Å². The van der Waals surface area contributed by atoms with Gasteiger partial charge in [-0.1, -0.05) is 74.3 Å². The molecule has 0 fully saturated rings. The maximum atomic E-state index is 3.79. The van der Waals surface area contributed by atoms with Crippen LogP contribution in [0.4, 0.5) is 0 Å². The summed E-state index contributed by atoms with van der Waals surface area (Å²) in [6.45, 7) is 3.79. The van der Waals surface area contributed by atoms with Crippen LogP contribution in [0.3, 0.4) is 0 Å². The molecule has 0 nitrogen and oxygen atoms in total. The Morgan fingerprint density at radius 1 is 0.526 bits per heavy atom. The summed E-state index contributed by atoms with van der Waals surface area (Å²) in [5.74, 6) is 0. The van der Waals surface area contributed by atoms with Crippen LogP contribution in [-0.2, 0) is 0 Å². The molecule has 0 aromatic heterocycles. The predicted molar refractivity (Wildman–Crippen MR) is 108 cm³/mol. The first-order chi connectivity index (χ1) is 3.91. The van der Waals surface area contributed by atoms with Crippen LogP contribution in [0.15, 0.2) is 0 Å². The van der Waals surface area contributed by atoms with Crippen LogP contribution in [0.2, 0.25) is 3.98 Å². The van der Waals surface area contributed by atoms with Crippen LogP contribution >= 0.6 is 0 Å². The van der Waals surface area contributed by atoms with Gasteiger partial charge in [0.15, 0.2) is 0 Å². The predicted octanol–water partition coefficient (Wildman–Crippen LogP) is 8.45. The Balaban J connectivity index is -0.00000000445. The molecule has 0 aromatic carbocycles. The van der Waals surface area contributed by atoms with Crippen molar-refractivity contribution in [2.24, 2.45) is 0 Å². The van der Waals surface area contributed by atoms with E-state index in [2.05, 4.69) is 6.92 Å². The zero-order valence-corrected chi connectivity index (χ0v) is 15.4. The number of unbranched alkanes of at least 4 members (excludes halogenated alkanes) is 4. The second-order valence-electron chi connectivity index (χ2n) is 2.06. The van der Waals surface area contributed by atoms with Gasteiger partial charge in [0.1, 0.15) is 0 Å². The van der Waals surface area contributed by atoms with Gasteiger partial charge in [-0.2, -0.15) is 0 Å². The molecule has 0 atom stereocenters. The molecule has 0 saturated heterocycles. The molecule has 2 heteroatoms. The van der Waals surface area contributed by atoms with Crippen molar-refractivity contribution >= 4 is 25.8 Å². The molecule has 0 rings (SSSR count). The third kappa shape index (κ3) is 132. The third-order valence-corrected chi connectivity index (χ3v) is 2.79. The molecule has 0 aliphatic heterocycles. The van der Waals surface area contributed by atoms with Crippen LogP contribution in [0.1, 0.15) is 106 Å². The molecule has 0 N–H and O–H groups in total. The number of hydrogen-bond donors (Lipinski definition) is 0. The van der Waals surface area contributed by atoms with E-state index in [0.717, 1.165) is 6.42 Å². The minimum absolute atomic E-state index is 0. The fourth-order valence-electron chi connectivity index (χ4n) is 0.675. The van der Waals surface area contributed by atoms with E-state index >= 15 is 0 Å². The summed E-state index contributed by atoms with van der Waals surface area (Å²) >= 11 is 1.22. The first kappa shape index (κ1) is 104. The largest absolute Gasteiger partial charge is 0 e. The first-order valence-corrected chi connectivity index (χ1v) is 6.58. The summed E-state index contributed by atoms with van der Waals surface area (Å²) in [6, 6.07) is 0. The average Bonchev–Trinajstić information content (AvgIpc) is 1.81. The second-order valence-corrected chi connectivity index (χ2v) is 4.30. The quantitative estimate of drug-likeness (QED) is 0.154. The molecule has 0 unspecified atom stereocenters. The van der Waals surface area contributed by atoms with Crippen LogP contribution in [-0.4, -0.2) is 25.8 Å². The summed E-state index contributed by atoms with van der Waals surface area (Å²) in [6.07, 6.45) is 6.81. The van der Waals surface area contributed by atoms with Crippen molar-refractivity contribution in [2.75, 3.05) is 0 Å². The van der Waals surface area contributed by atoms with Crippen molar-refractivity contribution in [3.05, 3.63) is 6.92 Å². The van der Waals surface area contributed by atoms with Crippen molar-refractivity contribution in [1.29, 1.82) is 0 Å². The van der Waals surface area contributed by atoms with E-state index in [1.54, 1.807) is 0 Å². The third-order valence-electron chi connectivity index (χ3n) is 1.20. The normalized spacial score (nSPS) is 4.11. The van der Waals surface area contributed by atoms with E-state index in [1.165, 1.54) is 55.4 Å². The van der Waals surface area contributed by atoms with Crippen LogP contribution in [0, 0.1) is 39.2 Å². The van der Waals surface area contributed by atoms with Crippen molar-refractivity contribution in [3.8, 4) is 0 Å². The average molecular weight is 698 g/mol. The molecule has 19 heavy (non-hydrogen) atoms. The summed E-state index contributed by atoms with van der Waals surface area (Å²) in [4.78, 5) is 0. The van der Waals surface area contributed by atoms with E-state index < -0.39 is 0 Å². The monoisotopic (exact) mass is 698 g/mol. The molecular weight excluding hydrogens is 642 g/mol. The number of rotatable bonds is 5. The summed E-state index contributed by atoms with van der Waals surface area (Å²) in [5.41, 5.74) is 0. The Kier molecular flexibility index (Phi) is 614. The molecule has 0 spiro atoms. The van der Waals surface area contributed by atoms with E-state index in [0.29, 0.717) is 0 Å². The molecule has 131 valence electrons. The molecule has 0 aliphatic rings. The van der Waals surface area contributed by atoms with Gasteiger partial charge >= 0.3 is 68.8 Å². The van der Waals surface area contributed by atoms with Crippen molar-refractivity contribution in [3.63, 3.8) is 0 Å². The Morgan fingerprint density at radius 2 is 0.789 bits per heavy atom. The van der Waals surface area contributed by atoms with Gasteiger partial charge in [0, 0.05) is 32.3 Å². The summed E-state index contributed by atoms with van der Waals surface area (Å²) in [5, 5.41) is 0. The fraction of sp³-hybridized carbons (Fsp3) is 0.941. The van der Waals surface area contributed by atoms with Crippen LogP contribution in [0.25, 0.3) is 0 Å². The maximum absolute atomic E-state index is 3.79. The first-order valence-electron chi connectivity index (χ1n) is 3.41. The van der Waals surface area contributed by atoms with Gasteiger partial charge in [-0.3, -0.25) is 0 Å². The summed E-state index contributed by atoms with van der Waals surface area (Å²) in [7, 11) is 0. The molecule has 0 aliphatic carbocycles. The van der Waals surface area contributed by atoms with Crippen molar-refractivity contribution in [1.82, 2.24) is 0 Å². The minimum Gasteiger partial charge on any atom is 0 e. The topological polar surface area (TPSA) is 0 Å². The minimum atomic E-state index is 0. The van der Waals surface area contributed by atoms with Gasteiger partial charge in [0.05, 0.1) is 0 Å². The van der Waals surface area contributed by atoms with Gasteiger partial charge in [-0.25, -0.2) is 0 Å². The maximum Gasteiger partial charge on any atom is 0 e. The van der Waals surface area contributed by atoms with Gasteiger partial charge in [-0.05, 0) is 0 Å². The molecule has 3 radical (unpaired) electrons. The Bertz CT molecular complexity index is 36.2. The van der Waals surface area contributed by atoms with E-state index in [9.17, 15) is 0 Å². The molecule has 0 saturated carbocycles. The van der Waals surface area contributed by atoms with Crippen molar-refractivity contribution in [2.45, 2.75) is 110 Å². The Morgan fingerprint density at radius 3 is 1.00 bits per heavy atom. The van der Waals surface area contributed by atoms with Gasteiger partial charge < -0.3 is 0 Å². The second kappa shape index (κ2) is 113. The van der Waals surface area contributed by atoms with E-state index in [4.69, 9.17) is 0 Å². The van der Waals surface area contributed by atoms with Gasteiger partial charge in [0.2, 0.25) is 0 Å². The molecule has 0 bridgehead atoms. The molecule has 0 aromatic rings. The molecule has 0 amide bonds. The van der Waals surface area contributed by atoms with Crippen LogP contribution in [0.5, 0.6) is 0 Å². The van der Waals surface area contributed by atoms with Crippen molar-refractivity contribution < 1.29 is 32.3 Å². The summed E-state index contributed by atoms with van der Waals surface area (Å²) < 4.78 is 1.51. The van der Waals surface area contributed by atoms with Gasteiger partial charge in [0.25, 0.3) is 0 Å². The smallest absolute Gasteiger partial charge is 0 e. The Hall–Kier alpha value is 2.01. The SMILES string of the molecule is C.C.C.C.C.C.C.C.C.C.[CH2-]CCCCC[CH2][PbH].[Pa]. The van der Waals surface area contributed by atoms with E-state index in [1.807, 2.05) is 0 Å². The molecular formula is C17H55PaPb-. The fourth-order valence-corrected chi connectivity index (χ4v) is 1.80.